The van der Waals surface area contributed by atoms with E-state index in [0.29, 0.717) is 12.0 Å². The summed E-state index contributed by atoms with van der Waals surface area (Å²) in [5.74, 6) is -1.11. The lowest BCUT2D eigenvalue weighted by atomic mass is 10.0. The smallest absolute Gasteiger partial charge is 0.335 e. The van der Waals surface area contributed by atoms with E-state index in [9.17, 15) is 13.2 Å². The Morgan fingerprint density at radius 2 is 1.75 bits per heavy atom. The number of carboxylic acid groups (broad SMARTS) is 1. The highest BCUT2D eigenvalue weighted by Crippen LogP contribution is 2.20. The molecule has 0 aliphatic heterocycles. The van der Waals surface area contributed by atoms with Gasteiger partial charge in [0.1, 0.15) is 0 Å². The molecule has 20 heavy (non-hydrogen) atoms. The van der Waals surface area contributed by atoms with Crippen molar-refractivity contribution in [2.75, 3.05) is 0 Å². The number of sulfonamides is 1. The first-order valence-corrected chi connectivity index (χ1v) is 7.35. The molecule has 0 heterocycles. The van der Waals surface area contributed by atoms with Gasteiger partial charge in [0.2, 0.25) is 10.0 Å². The van der Waals surface area contributed by atoms with Gasteiger partial charge in [-0.25, -0.2) is 18.4 Å². The van der Waals surface area contributed by atoms with Crippen LogP contribution in [0.4, 0.5) is 0 Å². The van der Waals surface area contributed by atoms with E-state index in [2.05, 4.69) is 0 Å². The Kier molecular flexibility index (Phi) is 3.87. The van der Waals surface area contributed by atoms with Crippen molar-refractivity contribution in [2.24, 2.45) is 5.14 Å². The molecular formula is C14H13NO4S. The van der Waals surface area contributed by atoms with Crippen LogP contribution in [0.25, 0.3) is 0 Å². The standard InChI is InChI=1S/C14H13NO4S/c15-20(18,19)13-7-6-11(14(16)17)9-12(13)8-10-4-2-1-3-5-10/h1-7,9H,8H2,(H,16,17)(H2,15,18,19). The molecule has 0 unspecified atom stereocenters. The molecule has 0 saturated carbocycles. The molecule has 2 aromatic carbocycles. The largest absolute Gasteiger partial charge is 0.478 e. The van der Waals surface area contributed by atoms with Gasteiger partial charge in [0, 0.05) is 0 Å². The van der Waals surface area contributed by atoms with Gasteiger partial charge in [-0.15, -0.1) is 0 Å². The van der Waals surface area contributed by atoms with E-state index >= 15 is 0 Å². The summed E-state index contributed by atoms with van der Waals surface area (Å²) in [4.78, 5) is 10.9. The van der Waals surface area contributed by atoms with Gasteiger partial charge >= 0.3 is 5.97 Å². The van der Waals surface area contributed by atoms with Gasteiger partial charge < -0.3 is 5.11 Å². The molecule has 0 atom stereocenters. The Morgan fingerprint density at radius 3 is 2.30 bits per heavy atom. The molecule has 0 aromatic heterocycles. The highest BCUT2D eigenvalue weighted by atomic mass is 32.2. The van der Waals surface area contributed by atoms with Crippen LogP contribution >= 0.6 is 0 Å². The highest BCUT2D eigenvalue weighted by molar-refractivity contribution is 7.89. The zero-order chi connectivity index (χ0) is 14.8. The molecule has 0 fully saturated rings. The second-order valence-corrected chi connectivity index (χ2v) is 5.86. The molecule has 104 valence electrons. The second kappa shape index (κ2) is 5.44. The third-order valence-electron chi connectivity index (χ3n) is 2.85. The summed E-state index contributed by atoms with van der Waals surface area (Å²) in [6.45, 7) is 0. The fraction of sp³-hybridized carbons (Fsp3) is 0.0714. The molecule has 2 aromatic rings. The van der Waals surface area contributed by atoms with Crippen LogP contribution in [-0.2, 0) is 16.4 Å². The van der Waals surface area contributed by atoms with E-state index in [1.807, 2.05) is 30.3 Å². The third kappa shape index (κ3) is 3.23. The fourth-order valence-corrected chi connectivity index (χ4v) is 2.70. The predicted octanol–water partition coefficient (Wildman–Crippen LogP) is 1.62. The number of carbonyl (C=O) groups is 1. The maximum Gasteiger partial charge on any atom is 0.335 e. The van der Waals surface area contributed by atoms with Crippen molar-refractivity contribution in [2.45, 2.75) is 11.3 Å². The van der Waals surface area contributed by atoms with Crippen molar-refractivity contribution >= 4 is 16.0 Å². The summed E-state index contributed by atoms with van der Waals surface area (Å²) in [5, 5.41) is 14.2. The summed E-state index contributed by atoms with van der Waals surface area (Å²) < 4.78 is 23.1. The van der Waals surface area contributed by atoms with Crippen molar-refractivity contribution in [3.05, 3.63) is 65.2 Å². The molecule has 0 bridgehead atoms. The number of nitrogens with two attached hydrogens (primary N) is 1. The summed E-state index contributed by atoms with van der Waals surface area (Å²) in [5.41, 5.74) is 1.28. The maximum atomic E-state index is 11.6. The lowest BCUT2D eigenvalue weighted by Crippen LogP contribution is -2.15. The first-order valence-electron chi connectivity index (χ1n) is 5.81. The van der Waals surface area contributed by atoms with E-state index in [1.54, 1.807) is 0 Å². The fourth-order valence-electron chi connectivity index (χ4n) is 1.94. The van der Waals surface area contributed by atoms with Gasteiger partial charge in [0.25, 0.3) is 0 Å². The number of rotatable bonds is 4. The first kappa shape index (κ1) is 14.2. The Morgan fingerprint density at radius 1 is 1.10 bits per heavy atom. The zero-order valence-corrected chi connectivity index (χ0v) is 11.3. The van der Waals surface area contributed by atoms with E-state index in [0.717, 1.165) is 5.56 Å². The number of hydrogen-bond donors (Lipinski definition) is 2. The predicted molar refractivity (Wildman–Crippen MR) is 74.0 cm³/mol. The van der Waals surface area contributed by atoms with Crippen molar-refractivity contribution in [1.82, 2.24) is 0 Å². The minimum absolute atomic E-state index is 0.0309. The molecule has 0 radical (unpaired) electrons. The van der Waals surface area contributed by atoms with Crippen molar-refractivity contribution in [1.29, 1.82) is 0 Å². The molecule has 0 amide bonds. The lowest BCUT2D eigenvalue weighted by Gasteiger charge is -2.09. The van der Waals surface area contributed by atoms with E-state index in [-0.39, 0.29) is 10.5 Å². The number of hydrogen-bond acceptors (Lipinski definition) is 3. The molecule has 0 spiro atoms. The SMILES string of the molecule is NS(=O)(=O)c1ccc(C(=O)O)cc1Cc1ccccc1. The maximum absolute atomic E-state index is 11.6. The summed E-state index contributed by atoms with van der Waals surface area (Å²) in [6, 6.07) is 13.0. The van der Waals surface area contributed by atoms with Gasteiger partial charge in [-0.1, -0.05) is 30.3 Å². The molecular weight excluding hydrogens is 278 g/mol. The number of aromatic carboxylic acids is 1. The number of carboxylic acids is 1. The number of primary sulfonamides is 1. The van der Waals surface area contributed by atoms with Gasteiger partial charge in [-0.05, 0) is 35.7 Å². The van der Waals surface area contributed by atoms with E-state index < -0.39 is 16.0 Å². The van der Waals surface area contributed by atoms with E-state index in [4.69, 9.17) is 10.2 Å². The monoisotopic (exact) mass is 291 g/mol. The molecule has 2 rings (SSSR count). The van der Waals surface area contributed by atoms with Crippen molar-refractivity contribution < 1.29 is 18.3 Å². The minimum Gasteiger partial charge on any atom is -0.478 e. The van der Waals surface area contributed by atoms with Gasteiger partial charge in [0.05, 0.1) is 10.5 Å². The lowest BCUT2D eigenvalue weighted by molar-refractivity contribution is 0.0696. The Hall–Kier alpha value is -2.18. The minimum atomic E-state index is -3.89. The zero-order valence-electron chi connectivity index (χ0n) is 10.5. The van der Waals surface area contributed by atoms with Crippen LogP contribution < -0.4 is 5.14 Å². The average molecular weight is 291 g/mol. The molecule has 3 N–H and O–H groups in total. The average Bonchev–Trinajstić information content (AvgIpc) is 2.38. The Labute approximate surface area is 116 Å². The second-order valence-electron chi connectivity index (χ2n) is 4.34. The van der Waals surface area contributed by atoms with Crippen LogP contribution in [0.1, 0.15) is 21.5 Å². The quantitative estimate of drug-likeness (QED) is 0.894. The Bertz CT molecular complexity index is 739. The first-order chi connectivity index (χ1) is 9.38. The summed E-state index contributed by atoms with van der Waals surface area (Å²) in [6.07, 6.45) is 0.299. The van der Waals surface area contributed by atoms with Crippen LogP contribution in [0.15, 0.2) is 53.4 Å². The third-order valence-corrected chi connectivity index (χ3v) is 3.86. The molecule has 0 aliphatic rings. The highest BCUT2D eigenvalue weighted by Gasteiger charge is 2.16. The van der Waals surface area contributed by atoms with Crippen molar-refractivity contribution in [3.8, 4) is 0 Å². The van der Waals surface area contributed by atoms with Gasteiger partial charge in [0.15, 0.2) is 0 Å². The van der Waals surface area contributed by atoms with Crippen LogP contribution in [0.5, 0.6) is 0 Å². The molecule has 0 saturated heterocycles. The molecule has 0 aliphatic carbocycles. The molecule has 5 nitrogen and oxygen atoms in total. The van der Waals surface area contributed by atoms with Gasteiger partial charge in [-0.3, -0.25) is 0 Å². The number of benzene rings is 2. The van der Waals surface area contributed by atoms with Crippen LogP contribution in [0, 0.1) is 0 Å². The van der Waals surface area contributed by atoms with Gasteiger partial charge in [-0.2, -0.15) is 0 Å². The van der Waals surface area contributed by atoms with Crippen LogP contribution in [-0.4, -0.2) is 19.5 Å². The van der Waals surface area contributed by atoms with Crippen LogP contribution in [0.3, 0.4) is 0 Å². The Balaban J connectivity index is 2.53. The van der Waals surface area contributed by atoms with Crippen LogP contribution in [0.2, 0.25) is 0 Å². The topological polar surface area (TPSA) is 97.5 Å². The summed E-state index contributed by atoms with van der Waals surface area (Å²) in [7, 11) is -3.89. The molecule has 6 heteroatoms. The van der Waals surface area contributed by atoms with Crippen molar-refractivity contribution in [3.63, 3.8) is 0 Å². The normalized spacial score (nSPS) is 11.2. The van der Waals surface area contributed by atoms with E-state index in [1.165, 1.54) is 18.2 Å². The summed E-state index contributed by atoms with van der Waals surface area (Å²) >= 11 is 0.